The van der Waals surface area contributed by atoms with Crippen molar-refractivity contribution in [3.05, 3.63) is 17.5 Å². The molecule has 0 spiro atoms. The SMILES string of the molecule is CC(Oc1nc(Cl)cc2ncn(CCO)c12)C1CNC(=O)C1. The molecule has 2 aromatic heterocycles. The number of carbonyl (C=O) groups excluding carboxylic acids is 1. The first-order valence-electron chi connectivity index (χ1n) is 7.14. The standard InChI is InChI=1S/C14H17ClN4O3/c1-8(9-4-12(21)16-6-9)22-14-13-10(5-11(15)18-14)17-7-19(13)2-3-20/h5,7-9,20H,2-4,6H2,1H3,(H,16,21). The van der Waals surface area contributed by atoms with E-state index < -0.39 is 0 Å². The normalized spacial score (nSPS) is 19.4. The van der Waals surface area contributed by atoms with Crippen LogP contribution in [0.2, 0.25) is 5.15 Å². The molecule has 1 aliphatic rings. The molecule has 2 atom stereocenters. The van der Waals surface area contributed by atoms with Crippen LogP contribution in [0.3, 0.4) is 0 Å². The molecular weight excluding hydrogens is 308 g/mol. The van der Waals surface area contributed by atoms with Crippen LogP contribution in [-0.2, 0) is 11.3 Å². The van der Waals surface area contributed by atoms with Gasteiger partial charge in [-0.25, -0.2) is 4.98 Å². The molecule has 3 rings (SSSR count). The topological polar surface area (TPSA) is 89.3 Å². The number of pyridine rings is 1. The Balaban J connectivity index is 1.91. The van der Waals surface area contributed by atoms with Gasteiger partial charge in [0.2, 0.25) is 11.8 Å². The fourth-order valence-electron chi connectivity index (χ4n) is 2.62. The largest absolute Gasteiger partial charge is 0.473 e. The number of amides is 1. The minimum absolute atomic E-state index is 0.00979. The van der Waals surface area contributed by atoms with Crippen molar-refractivity contribution in [2.75, 3.05) is 13.2 Å². The molecule has 2 aromatic rings. The summed E-state index contributed by atoms with van der Waals surface area (Å²) in [5.74, 6) is 0.507. The Bertz CT molecular complexity index is 703. The number of hydrogen-bond donors (Lipinski definition) is 2. The third-order valence-electron chi connectivity index (χ3n) is 3.84. The van der Waals surface area contributed by atoms with Crippen LogP contribution in [0.1, 0.15) is 13.3 Å². The summed E-state index contributed by atoms with van der Waals surface area (Å²) in [5.41, 5.74) is 1.36. The monoisotopic (exact) mass is 324 g/mol. The zero-order valence-corrected chi connectivity index (χ0v) is 12.9. The Hall–Kier alpha value is -1.86. The summed E-state index contributed by atoms with van der Waals surface area (Å²) in [6.45, 7) is 2.89. The number of imidazole rings is 1. The fourth-order valence-corrected chi connectivity index (χ4v) is 2.80. The highest BCUT2D eigenvalue weighted by Gasteiger charge is 2.29. The van der Waals surface area contributed by atoms with Gasteiger partial charge in [-0.3, -0.25) is 4.79 Å². The van der Waals surface area contributed by atoms with Crippen LogP contribution in [0.25, 0.3) is 11.0 Å². The van der Waals surface area contributed by atoms with E-state index >= 15 is 0 Å². The van der Waals surface area contributed by atoms with Gasteiger partial charge >= 0.3 is 0 Å². The number of nitrogens with zero attached hydrogens (tertiary/aromatic N) is 3. The van der Waals surface area contributed by atoms with Gasteiger partial charge in [0, 0.05) is 31.5 Å². The van der Waals surface area contributed by atoms with E-state index in [1.807, 2.05) is 6.92 Å². The lowest BCUT2D eigenvalue weighted by atomic mass is 10.0. The molecule has 1 aliphatic heterocycles. The Morgan fingerprint density at radius 1 is 1.64 bits per heavy atom. The molecular formula is C14H17ClN4O3. The van der Waals surface area contributed by atoms with Gasteiger partial charge in [-0.05, 0) is 6.92 Å². The number of aliphatic hydroxyl groups excluding tert-OH is 1. The molecule has 2 unspecified atom stereocenters. The second-order valence-corrected chi connectivity index (χ2v) is 5.76. The maximum absolute atomic E-state index is 11.3. The van der Waals surface area contributed by atoms with Gasteiger partial charge in [0.15, 0.2) is 0 Å². The van der Waals surface area contributed by atoms with Crippen molar-refractivity contribution in [1.82, 2.24) is 19.9 Å². The third kappa shape index (κ3) is 2.86. The molecule has 1 amide bonds. The first-order valence-corrected chi connectivity index (χ1v) is 7.52. The summed E-state index contributed by atoms with van der Waals surface area (Å²) in [7, 11) is 0. The molecule has 0 aromatic carbocycles. The highest BCUT2D eigenvalue weighted by molar-refractivity contribution is 6.30. The Morgan fingerprint density at radius 3 is 3.14 bits per heavy atom. The van der Waals surface area contributed by atoms with Crippen LogP contribution in [0.15, 0.2) is 12.4 Å². The van der Waals surface area contributed by atoms with E-state index in [0.717, 1.165) is 0 Å². The summed E-state index contributed by atoms with van der Waals surface area (Å²) in [6.07, 6.45) is 1.88. The number of carbonyl (C=O) groups is 1. The maximum Gasteiger partial charge on any atom is 0.241 e. The zero-order valence-electron chi connectivity index (χ0n) is 12.1. The lowest BCUT2D eigenvalue weighted by molar-refractivity contribution is -0.119. The zero-order chi connectivity index (χ0) is 15.7. The molecule has 3 heterocycles. The molecule has 1 fully saturated rings. The van der Waals surface area contributed by atoms with Gasteiger partial charge in [0.25, 0.3) is 0 Å². The molecule has 1 saturated heterocycles. The van der Waals surface area contributed by atoms with Crippen molar-refractivity contribution >= 4 is 28.5 Å². The van der Waals surface area contributed by atoms with Gasteiger partial charge in [0.05, 0.1) is 18.5 Å². The van der Waals surface area contributed by atoms with E-state index in [9.17, 15) is 4.79 Å². The van der Waals surface area contributed by atoms with Crippen molar-refractivity contribution < 1.29 is 14.6 Å². The van der Waals surface area contributed by atoms with Gasteiger partial charge in [-0.2, -0.15) is 4.98 Å². The highest BCUT2D eigenvalue weighted by atomic mass is 35.5. The number of halogens is 1. The predicted octanol–water partition coefficient (Wildman–Crippen LogP) is 0.980. The smallest absolute Gasteiger partial charge is 0.241 e. The Kier molecular flexibility index (Phi) is 4.17. The predicted molar refractivity (Wildman–Crippen MR) is 80.8 cm³/mol. The van der Waals surface area contributed by atoms with Crippen molar-refractivity contribution in [3.8, 4) is 5.88 Å². The number of aliphatic hydroxyl groups is 1. The van der Waals surface area contributed by atoms with E-state index in [1.165, 1.54) is 0 Å². The summed E-state index contributed by atoms with van der Waals surface area (Å²) in [4.78, 5) is 19.8. The Labute approximate surface area is 132 Å². The van der Waals surface area contributed by atoms with Crippen molar-refractivity contribution in [2.45, 2.75) is 26.0 Å². The maximum atomic E-state index is 11.3. The second-order valence-electron chi connectivity index (χ2n) is 5.37. The molecule has 0 aliphatic carbocycles. The fraction of sp³-hybridized carbons (Fsp3) is 0.500. The first kappa shape index (κ1) is 15.1. The number of aromatic nitrogens is 3. The number of fused-ring (bicyclic) bond motifs is 1. The van der Waals surface area contributed by atoms with E-state index in [2.05, 4.69) is 15.3 Å². The molecule has 8 heteroatoms. The lowest BCUT2D eigenvalue weighted by Crippen LogP contribution is -2.26. The van der Waals surface area contributed by atoms with Crippen molar-refractivity contribution in [1.29, 1.82) is 0 Å². The van der Waals surface area contributed by atoms with Crippen LogP contribution in [-0.4, -0.2) is 44.8 Å². The third-order valence-corrected chi connectivity index (χ3v) is 4.04. The van der Waals surface area contributed by atoms with Crippen LogP contribution < -0.4 is 10.1 Å². The van der Waals surface area contributed by atoms with Gasteiger partial charge < -0.3 is 19.7 Å². The van der Waals surface area contributed by atoms with Crippen LogP contribution in [0, 0.1) is 5.92 Å². The van der Waals surface area contributed by atoms with Crippen molar-refractivity contribution in [2.24, 2.45) is 5.92 Å². The van der Waals surface area contributed by atoms with Crippen LogP contribution in [0.5, 0.6) is 5.88 Å². The van der Waals surface area contributed by atoms with Crippen LogP contribution in [0.4, 0.5) is 0 Å². The molecule has 0 radical (unpaired) electrons. The molecule has 0 saturated carbocycles. The highest BCUT2D eigenvalue weighted by Crippen LogP contribution is 2.28. The second kappa shape index (κ2) is 6.10. The molecule has 22 heavy (non-hydrogen) atoms. The Morgan fingerprint density at radius 2 is 2.45 bits per heavy atom. The van der Waals surface area contributed by atoms with Crippen molar-refractivity contribution in [3.63, 3.8) is 0 Å². The van der Waals surface area contributed by atoms with E-state index in [4.69, 9.17) is 21.4 Å². The number of ether oxygens (including phenoxy) is 1. The van der Waals surface area contributed by atoms with E-state index in [-0.39, 0.29) is 24.5 Å². The van der Waals surface area contributed by atoms with Gasteiger partial charge in [-0.15, -0.1) is 0 Å². The molecule has 118 valence electrons. The van der Waals surface area contributed by atoms with E-state index in [0.29, 0.717) is 41.6 Å². The summed E-state index contributed by atoms with van der Waals surface area (Å²) >= 11 is 6.02. The minimum atomic E-state index is -0.189. The molecule has 2 N–H and O–H groups in total. The van der Waals surface area contributed by atoms with Gasteiger partial charge in [-0.1, -0.05) is 11.6 Å². The molecule has 7 nitrogen and oxygen atoms in total. The average molecular weight is 325 g/mol. The number of rotatable bonds is 5. The summed E-state index contributed by atoms with van der Waals surface area (Å²) < 4.78 is 7.73. The lowest BCUT2D eigenvalue weighted by Gasteiger charge is -2.19. The average Bonchev–Trinajstić information content (AvgIpc) is 3.06. The number of hydrogen-bond acceptors (Lipinski definition) is 5. The van der Waals surface area contributed by atoms with Crippen LogP contribution >= 0.6 is 11.6 Å². The van der Waals surface area contributed by atoms with Gasteiger partial charge in [0.1, 0.15) is 16.8 Å². The summed E-state index contributed by atoms with van der Waals surface area (Å²) in [6, 6.07) is 1.66. The molecule has 0 bridgehead atoms. The summed E-state index contributed by atoms with van der Waals surface area (Å²) in [5, 5.41) is 12.2. The first-order chi connectivity index (χ1) is 10.6. The van der Waals surface area contributed by atoms with E-state index in [1.54, 1.807) is 17.0 Å². The minimum Gasteiger partial charge on any atom is -0.473 e. The number of nitrogens with one attached hydrogen (secondary N) is 1. The quantitative estimate of drug-likeness (QED) is 0.800.